The first-order valence-corrected chi connectivity index (χ1v) is 7.14. The fourth-order valence-electron chi connectivity index (χ4n) is 3.52. The summed E-state index contributed by atoms with van der Waals surface area (Å²) >= 11 is 0. The third-order valence-electron chi connectivity index (χ3n) is 4.51. The fraction of sp³-hybridized carbons (Fsp3) is 0.923. The quantitative estimate of drug-likeness (QED) is 0.700. The Bertz CT molecular complexity index is 286. The zero-order valence-electron chi connectivity index (χ0n) is 10.5. The summed E-state index contributed by atoms with van der Waals surface area (Å²) in [5.74, 6) is 0. The van der Waals surface area contributed by atoms with Gasteiger partial charge in [-0.15, -0.1) is 0 Å². The molecule has 2 amide bonds. The summed E-state index contributed by atoms with van der Waals surface area (Å²) in [6, 6.07) is 1.26. The van der Waals surface area contributed by atoms with Crippen molar-refractivity contribution in [3.05, 3.63) is 0 Å². The lowest BCUT2D eigenvalue weighted by Gasteiger charge is -2.29. The molecule has 3 fully saturated rings. The smallest absolute Gasteiger partial charge is 0.320 e. The van der Waals surface area contributed by atoms with Crippen LogP contribution >= 0.6 is 0 Å². The van der Waals surface area contributed by atoms with E-state index in [1.165, 1.54) is 38.5 Å². The van der Waals surface area contributed by atoms with Crippen LogP contribution in [0.15, 0.2) is 0 Å². The third kappa shape index (κ3) is 2.15. The van der Waals surface area contributed by atoms with Crippen LogP contribution < -0.4 is 5.32 Å². The Labute approximate surface area is 103 Å². The molecule has 2 heterocycles. The lowest BCUT2D eigenvalue weighted by molar-refractivity contribution is 0.166. The monoisotopic (exact) mass is 237 g/mol. The highest BCUT2D eigenvalue weighted by atomic mass is 16.2. The second kappa shape index (κ2) is 4.84. The predicted molar refractivity (Wildman–Crippen MR) is 67.0 cm³/mol. The minimum absolute atomic E-state index is 0.309. The first kappa shape index (κ1) is 11.3. The van der Waals surface area contributed by atoms with Gasteiger partial charge < -0.3 is 15.1 Å². The van der Waals surface area contributed by atoms with Gasteiger partial charge in [0.15, 0.2) is 0 Å². The van der Waals surface area contributed by atoms with Crippen LogP contribution in [-0.4, -0.2) is 54.1 Å². The number of amides is 2. The van der Waals surface area contributed by atoms with E-state index >= 15 is 0 Å². The van der Waals surface area contributed by atoms with Gasteiger partial charge in [-0.3, -0.25) is 0 Å². The minimum atomic E-state index is 0.309. The largest absolute Gasteiger partial charge is 0.320 e. The van der Waals surface area contributed by atoms with Crippen molar-refractivity contribution < 1.29 is 4.79 Å². The van der Waals surface area contributed by atoms with Crippen LogP contribution in [0.2, 0.25) is 0 Å². The number of nitrogens with zero attached hydrogens (tertiary/aromatic N) is 2. The van der Waals surface area contributed by atoms with Crippen molar-refractivity contribution in [1.82, 2.24) is 15.1 Å². The summed E-state index contributed by atoms with van der Waals surface area (Å²) < 4.78 is 0. The number of carbonyl (C=O) groups excluding carboxylic acids is 1. The normalized spacial score (nSPS) is 31.5. The van der Waals surface area contributed by atoms with Crippen LogP contribution in [0.3, 0.4) is 0 Å². The highest BCUT2D eigenvalue weighted by Gasteiger charge is 2.41. The molecule has 3 rings (SSSR count). The van der Waals surface area contributed by atoms with Gasteiger partial charge >= 0.3 is 6.03 Å². The molecular formula is C13H23N3O. The predicted octanol–water partition coefficient (Wildman–Crippen LogP) is 1.42. The summed E-state index contributed by atoms with van der Waals surface area (Å²) in [5.41, 5.74) is 0. The molecule has 2 saturated heterocycles. The molecule has 0 aromatic heterocycles. The molecule has 0 bridgehead atoms. The number of nitrogens with one attached hydrogen (secondary N) is 1. The van der Waals surface area contributed by atoms with Gasteiger partial charge in [-0.05, 0) is 12.8 Å². The summed E-state index contributed by atoms with van der Waals surface area (Å²) in [5, 5.41) is 3.39. The molecule has 1 atom stereocenters. The molecule has 4 nitrogen and oxygen atoms in total. The number of piperazine rings is 1. The van der Waals surface area contributed by atoms with Crippen molar-refractivity contribution in [2.45, 2.75) is 50.6 Å². The zero-order chi connectivity index (χ0) is 11.7. The molecule has 0 aromatic carbocycles. The van der Waals surface area contributed by atoms with Crippen LogP contribution in [-0.2, 0) is 0 Å². The summed E-state index contributed by atoms with van der Waals surface area (Å²) in [6.07, 6.45) is 7.76. The summed E-state index contributed by atoms with van der Waals surface area (Å²) in [7, 11) is 0. The van der Waals surface area contributed by atoms with Gasteiger partial charge in [-0.25, -0.2) is 4.79 Å². The Morgan fingerprint density at radius 3 is 2.47 bits per heavy atom. The molecule has 0 aromatic rings. The summed E-state index contributed by atoms with van der Waals surface area (Å²) in [6.45, 7) is 3.79. The van der Waals surface area contributed by atoms with E-state index in [0.29, 0.717) is 18.1 Å². The van der Waals surface area contributed by atoms with Crippen LogP contribution in [0, 0.1) is 0 Å². The van der Waals surface area contributed by atoms with E-state index in [4.69, 9.17) is 0 Å². The molecular weight excluding hydrogens is 214 g/mol. The third-order valence-corrected chi connectivity index (χ3v) is 4.51. The molecule has 0 unspecified atom stereocenters. The number of hydrogen-bond acceptors (Lipinski definition) is 2. The van der Waals surface area contributed by atoms with E-state index < -0.39 is 0 Å². The Morgan fingerprint density at radius 1 is 1.00 bits per heavy atom. The molecule has 1 aliphatic carbocycles. The van der Waals surface area contributed by atoms with E-state index in [1.807, 2.05) is 0 Å². The van der Waals surface area contributed by atoms with Crippen molar-refractivity contribution in [2.24, 2.45) is 0 Å². The highest BCUT2D eigenvalue weighted by molar-refractivity contribution is 5.77. The standard InChI is InChI=1S/C13H23N3O/c17-13-15-8-7-14-9-12(15)10-16(13)11-5-3-1-2-4-6-11/h11-12,14H,1-10H2/t12-/m1/s1. The molecule has 0 radical (unpaired) electrons. The van der Waals surface area contributed by atoms with Gasteiger partial charge in [0.2, 0.25) is 0 Å². The van der Waals surface area contributed by atoms with Gasteiger partial charge in [-0.2, -0.15) is 0 Å². The topological polar surface area (TPSA) is 35.6 Å². The number of hydrogen-bond donors (Lipinski definition) is 1. The molecule has 2 aliphatic heterocycles. The Hall–Kier alpha value is -0.770. The highest BCUT2D eigenvalue weighted by Crippen LogP contribution is 2.27. The van der Waals surface area contributed by atoms with Gasteiger partial charge in [0, 0.05) is 32.2 Å². The molecule has 96 valence electrons. The maximum absolute atomic E-state index is 12.4. The molecule has 1 saturated carbocycles. The van der Waals surface area contributed by atoms with E-state index in [0.717, 1.165) is 26.2 Å². The molecule has 1 N–H and O–H groups in total. The van der Waals surface area contributed by atoms with E-state index in [9.17, 15) is 4.79 Å². The zero-order valence-corrected chi connectivity index (χ0v) is 10.5. The maximum Gasteiger partial charge on any atom is 0.320 e. The lowest BCUT2D eigenvalue weighted by atomic mass is 10.1. The van der Waals surface area contributed by atoms with Gasteiger partial charge in [-0.1, -0.05) is 25.7 Å². The Morgan fingerprint density at radius 2 is 1.76 bits per heavy atom. The molecule has 4 heteroatoms. The van der Waals surface area contributed by atoms with Crippen LogP contribution in [0.5, 0.6) is 0 Å². The fourth-order valence-corrected chi connectivity index (χ4v) is 3.52. The number of urea groups is 1. The Kier molecular flexibility index (Phi) is 3.23. The van der Waals surface area contributed by atoms with Gasteiger partial charge in [0.05, 0.1) is 6.04 Å². The number of carbonyl (C=O) groups is 1. The number of fused-ring (bicyclic) bond motifs is 1. The average molecular weight is 237 g/mol. The van der Waals surface area contributed by atoms with Crippen molar-refractivity contribution >= 4 is 6.03 Å². The minimum Gasteiger partial charge on any atom is -0.320 e. The average Bonchev–Trinajstić information content (AvgIpc) is 2.57. The van der Waals surface area contributed by atoms with Crippen LogP contribution in [0.1, 0.15) is 38.5 Å². The molecule has 0 spiro atoms. The van der Waals surface area contributed by atoms with Crippen molar-refractivity contribution in [2.75, 3.05) is 26.2 Å². The number of rotatable bonds is 1. The lowest BCUT2D eigenvalue weighted by Crippen LogP contribution is -2.50. The second-order valence-corrected chi connectivity index (χ2v) is 5.63. The van der Waals surface area contributed by atoms with E-state index in [1.54, 1.807) is 0 Å². The molecule has 3 aliphatic rings. The SMILES string of the molecule is O=C1N(C2CCCCCC2)C[C@H]2CNCCN12. The first-order chi connectivity index (χ1) is 8.36. The van der Waals surface area contributed by atoms with E-state index in [-0.39, 0.29) is 0 Å². The Balaban J connectivity index is 1.68. The van der Waals surface area contributed by atoms with E-state index in [2.05, 4.69) is 15.1 Å². The van der Waals surface area contributed by atoms with Gasteiger partial charge in [0.1, 0.15) is 0 Å². The maximum atomic E-state index is 12.4. The summed E-state index contributed by atoms with van der Waals surface area (Å²) in [4.78, 5) is 16.6. The molecule has 17 heavy (non-hydrogen) atoms. The van der Waals surface area contributed by atoms with Crippen LogP contribution in [0.25, 0.3) is 0 Å². The van der Waals surface area contributed by atoms with Crippen molar-refractivity contribution in [1.29, 1.82) is 0 Å². The van der Waals surface area contributed by atoms with Gasteiger partial charge in [0.25, 0.3) is 0 Å². The van der Waals surface area contributed by atoms with Crippen molar-refractivity contribution in [3.8, 4) is 0 Å². The van der Waals surface area contributed by atoms with Crippen molar-refractivity contribution in [3.63, 3.8) is 0 Å². The first-order valence-electron chi connectivity index (χ1n) is 7.14. The second-order valence-electron chi connectivity index (χ2n) is 5.63. The van der Waals surface area contributed by atoms with Crippen LogP contribution in [0.4, 0.5) is 4.79 Å².